The molecule has 0 unspecified atom stereocenters. The van der Waals surface area contributed by atoms with Gasteiger partial charge >= 0.3 is 0 Å². The number of H-pyrrole nitrogens is 1. The van der Waals surface area contributed by atoms with Crippen LogP contribution in [-0.2, 0) is 4.79 Å². The van der Waals surface area contributed by atoms with Crippen molar-refractivity contribution in [3.63, 3.8) is 0 Å². The van der Waals surface area contributed by atoms with E-state index in [2.05, 4.69) is 15.3 Å². The van der Waals surface area contributed by atoms with Crippen molar-refractivity contribution in [2.45, 2.75) is 6.92 Å². The smallest absolute Gasteiger partial charge is 0.262 e. The molecule has 4 rings (SSSR count). The SMILES string of the molecule is Cc1cc(OCC(=O)Nc2ccc(-c3nc4ccccc4[nH]3)cc2)ccc1Cl. The number of halogens is 1. The van der Waals surface area contributed by atoms with E-state index >= 15 is 0 Å². The molecule has 3 aromatic carbocycles. The van der Waals surface area contributed by atoms with E-state index in [9.17, 15) is 4.79 Å². The van der Waals surface area contributed by atoms with E-state index in [4.69, 9.17) is 16.3 Å². The van der Waals surface area contributed by atoms with Crippen LogP contribution in [0.3, 0.4) is 0 Å². The third-order valence-electron chi connectivity index (χ3n) is 4.33. The zero-order chi connectivity index (χ0) is 19.5. The fourth-order valence-electron chi connectivity index (χ4n) is 2.85. The number of fused-ring (bicyclic) bond motifs is 1. The van der Waals surface area contributed by atoms with E-state index in [-0.39, 0.29) is 12.5 Å². The van der Waals surface area contributed by atoms with Crippen molar-refractivity contribution in [3.8, 4) is 17.1 Å². The lowest BCUT2D eigenvalue weighted by Gasteiger charge is -2.09. The molecule has 2 N–H and O–H groups in total. The maximum atomic E-state index is 12.1. The summed E-state index contributed by atoms with van der Waals surface area (Å²) in [5.41, 5.74) is 4.46. The maximum absolute atomic E-state index is 12.1. The van der Waals surface area contributed by atoms with Gasteiger partial charge in [-0.2, -0.15) is 0 Å². The minimum atomic E-state index is -0.232. The topological polar surface area (TPSA) is 67.0 Å². The summed E-state index contributed by atoms with van der Waals surface area (Å²) >= 11 is 5.99. The Morgan fingerprint density at radius 3 is 2.64 bits per heavy atom. The number of anilines is 1. The lowest BCUT2D eigenvalue weighted by atomic mass is 10.2. The number of aromatic nitrogens is 2. The largest absolute Gasteiger partial charge is 0.484 e. The van der Waals surface area contributed by atoms with E-state index in [1.165, 1.54) is 0 Å². The van der Waals surface area contributed by atoms with Crippen molar-refractivity contribution in [1.82, 2.24) is 9.97 Å². The molecular formula is C22H18ClN3O2. The van der Waals surface area contributed by atoms with Crippen molar-refractivity contribution >= 4 is 34.2 Å². The number of aromatic amines is 1. The molecule has 0 radical (unpaired) electrons. The molecule has 0 fully saturated rings. The van der Waals surface area contributed by atoms with Crippen LogP contribution in [0.2, 0.25) is 5.02 Å². The summed E-state index contributed by atoms with van der Waals surface area (Å²) in [6.45, 7) is 1.81. The number of carbonyl (C=O) groups excluding carboxylic acids is 1. The average molecular weight is 392 g/mol. The molecule has 5 nitrogen and oxygen atoms in total. The number of carbonyl (C=O) groups is 1. The zero-order valence-corrected chi connectivity index (χ0v) is 16.0. The van der Waals surface area contributed by atoms with Crippen LogP contribution in [-0.4, -0.2) is 22.5 Å². The molecule has 1 aromatic heterocycles. The predicted molar refractivity (Wildman–Crippen MR) is 112 cm³/mol. The second-order valence-corrected chi connectivity index (χ2v) is 6.83. The van der Waals surface area contributed by atoms with E-state index in [1.807, 2.05) is 55.5 Å². The molecule has 0 saturated carbocycles. The number of rotatable bonds is 5. The van der Waals surface area contributed by atoms with Crippen molar-refractivity contribution < 1.29 is 9.53 Å². The number of amides is 1. The van der Waals surface area contributed by atoms with Gasteiger partial charge in [0.25, 0.3) is 5.91 Å². The van der Waals surface area contributed by atoms with E-state index < -0.39 is 0 Å². The molecule has 28 heavy (non-hydrogen) atoms. The molecule has 0 saturated heterocycles. The van der Waals surface area contributed by atoms with Crippen LogP contribution in [0.1, 0.15) is 5.56 Å². The van der Waals surface area contributed by atoms with E-state index in [0.717, 1.165) is 28.0 Å². The molecule has 0 aliphatic rings. The van der Waals surface area contributed by atoms with Gasteiger partial charge in [-0.3, -0.25) is 4.79 Å². The number of hydrogen-bond donors (Lipinski definition) is 2. The first kappa shape index (κ1) is 18.1. The van der Waals surface area contributed by atoms with Gasteiger partial charge < -0.3 is 15.0 Å². The second kappa shape index (κ2) is 7.74. The van der Waals surface area contributed by atoms with Crippen LogP contribution < -0.4 is 10.1 Å². The maximum Gasteiger partial charge on any atom is 0.262 e. The molecule has 6 heteroatoms. The second-order valence-electron chi connectivity index (χ2n) is 6.43. The van der Waals surface area contributed by atoms with Crippen molar-refractivity contribution in [2.24, 2.45) is 0 Å². The Bertz CT molecular complexity index is 1100. The molecule has 1 heterocycles. The highest BCUT2D eigenvalue weighted by molar-refractivity contribution is 6.31. The summed E-state index contributed by atoms with van der Waals surface area (Å²) in [6.07, 6.45) is 0. The van der Waals surface area contributed by atoms with Crippen molar-refractivity contribution in [3.05, 3.63) is 77.3 Å². The fraction of sp³-hybridized carbons (Fsp3) is 0.0909. The van der Waals surface area contributed by atoms with Gasteiger partial charge in [0.2, 0.25) is 0 Å². The standard InChI is InChI=1S/C22H18ClN3O2/c1-14-12-17(10-11-18(14)23)28-13-21(27)24-16-8-6-15(7-9-16)22-25-19-4-2-3-5-20(19)26-22/h2-12H,13H2,1H3,(H,24,27)(H,25,26). The lowest BCUT2D eigenvalue weighted by molar-refractivity contribution is -0.118. The summed E-state index contributed by atoms with van der Waals surface area (Å²) in [7, 11) is 0. The monoisotopic (exact) mass is 391 g/mol. The van der Waals surface area contributed by atoms with Gasteiger partial charge in [0, 0.05) is 16.3 Å². The number of ether oxygens (including phenoxy) is 1. The molecule has 0 spiro atoms. The first-order valence-corrected chi connectivity index (χ1v) is 9.20. The number of imidazole rings is 1. The molecule has 0 aliphatic heterocycles. The van der Waals surface area contributed by atoms with Gasteiger partial charge in [0.1, 0.15) is 11.6 Å². The number of nitrogens with zero attached hydrogens (tertiary/aromatic N) is 1. The van der Waals surface area contributed by atoms with Gasteiger partial charge in [0.05, 0.1) is 11.0 Å². The molecule has 0 bridgehead atoms. The third-order valence-corrected chi connectivity index (χ3v) is 4.75. The normalized spacial score (nSPS) is 10.8. The Balaban J connectivity index is 1.38. The predicted octanol–water partition coefficient (Wildman–Crippen LogP) is 5.21. The van der Waals surface area contributed by atoms with Crippen LogP contribution >= 0.6 is 11.6 Å². The summed E-state index contributed by atoms with van der Waals surface area (Å²) in [4.78, 5) is 20.0. The highest BCUT2D eigenvalue weighted by Crippen LogP contribution is 2.23. The Labute approximate surface area is 167 Å². The van der Waals surface area contributed by atoms with E-state index in [0.29, 0.717) is 16.5 Å². The average Bonchev–Trinajstić information content (AvgIpc) is 3.14. The molecule has 0 atom stereocenters. The molecular weight excluding hydrogens is 374 g/mol. The number of para-hydroxylation sites is 2. The molecule has 140 valence electrons. The number of aryl methyl sites for hydroxylation is 1. The van der Waals surface area contributed by atoms with Crippen LogP contribution in [0.25, 0.3) is 22.4 Å². The van der Waals surface area contributed by atoms with Crippen LogP contribution in [0.4, 0.5) is 5.69 Å². The van der Waals surface area contributed by atoms with Crippen LogP contribution in [0, 0.1) is 6.92 Å². The number of nitrogens with one attached hydrogen (secondary N) is 2. The van der Waals surface area contributed by atoms with Gasteiger partial charge in [-0.25, -0.2) is 4.98 Å². The lowest BCUT2D eigenvalue weighted by Crippen LogP contribution is -2.20. The van der Waals surface area contributed by atoms with Gasteiger partial charge in [-0.15, -0.1) is 0 Å². The Kier molecular flexibility index (Phi) is 5.00. The minimum absolute atomic E-state index is 0.0770. The van der Waals surface area contributed by atoms with Crippen LogP contribution in [0.5, 0.6) is 5.75 Å². The number of hydrogen-bond acceptors (Lipinski definition) is 3. The van der Waals surface area contributed by atoms with Crippen molar-refractivity contribution in [1.29, 1.82) is 0 Å². The van der Waals surface area contributed by atoms with Gasteiger partial charge in [-0.1, -0.05) is 23.7 Å². The third kappa shape index (κ3) is 4.00. The Morgan fingerprint density at radius 1 is 1.11 bits per heavy atom. The fourth-order valence-corrected chi connectivity index (χ4v) is 2.97. The molecule has 1 amide bonds. The highest BCUT2D eigenvalue weighted by Gasteiger charge is 2.07. The highest BCUT2D eigenvalue weighted by atomic mass is 35.5. The first-order chi connectivity index (χ1) is 13.6. The molecule has 4 aromatic rings. The minimum Gasteiger partial charge on any atom is -0.484 e. The summed E-state index contributed by atoms with van der Waals surface area (Å²) in [5.74, 6) is 1.17. The van der Waals surface area contributed by atoms with E-state index in [1.54, 1.807) is 18.2 Å². The summed E-state index contributed by atoms with van der Waals surface area (Å²) in [5, 5.41) is 3.49. The Hall–Kier alpha value is -3.31. The summed E-state index contributed by atoms with van der Waals surface area (Å²) < 4.78 is 5.52. The Morgan fingerprint density at radius 2 is 1.89 bits per heavy atom. The number of benzene rings is 3. The quantitative estimate of drug-likeness (QED) is 0.490. The molecule has 0 aliphatic carbocycles. The zero-order valence-electron chi connectivity index (χ0n) is 15.2. The van der Waals surface area contributed by atoms with Gasteiger partial charge in [0.15, 0.2) is 6.61 Å². The van der Waals surface area contributed by atoms with Gasteiger partial charge in [-0.05, 0) is 67.1 Å². The summed E-state index contributed by atoms with van der Waals surface area (Å²) in [6, 6.07) is 20.7. The van der Waals surface area contributed by atoms with Crippen molar-refractivity contribution in [2.75, 3.05) is 11.9 Å². The van der Waals surface area contributed by atoms with Crippen LogP contribution in [0.15, 0.2) is 66.7 Å². The first-order valence-electron chi connectivity index (χ1n) is 8.82.